The van der Waals surface area contributed by atoms with E-state index in [-0.39, 0.29) is 11.9 Å². The Morgan fingerprint density at radius 2 is 1.65 bits per heavy atom. The number of rotatable bonds is 5. The molecule has 1 aromatic heterocycles. The summed E-state index contributed by atoms with van der Waals surface area (Å²) >= 11 is 0. The molecule has 26 heavy (non-hydrogen) atoms. The maximum Gasteiger partial charge on any atom is 0.271 e. The smallest absolute Gasteiger partial charge is 0.271 e. The number of carbonyl (C=O) groups is 1. The molecule has 0 aliphatic carbocycles. The Morgan fingerprint density at radius 1 is 1.00 bits per heavy atom. The quantitative estimate of drug-likeness (QED) is 0.884. The van der Waals surface area contributed by atoms with Crippen molar-refractivity contribution in [2.45, 2.75) is 19.9 Å². The van der Waals surface area contributed by atoms with E-state index in [0.29, 0.717) is 5.69 Å². The molecule has 1 aliphatic rings. The Morgan fingerprint density at radius 3 is 2.19 bits per heavy atom. The summed E-state index contributed by atoms with van der Waals surface area (Å²) in [6.45, 7) is 7.37. The van der Waals surface area contributed by atoms with Crippen molar-refractivity contribution in [3.05, 3.63) is 42.1 Å². The molecule has 0 atom stereocenters. The van der Waals surface area contributed by atoms with Gasteiger partial charge in [0.2, 0.25) is 0 Å². The van der Waals surface area contributed by atoms with Crippen LogP contribution in [0.1, 0.15) is 24.3 Å². The van der Waals surface area contributed by atoms with Gasteiger partial charge < -0.3 is 19.9 Å². The molecule has 1 aliphatic heterocycles. The third-order valence-electron chi connectivity index (χ3n) is 4.34. The van der Waals surface area contributed by atoms with Crippen molar-refractivity contribution in [2.75, 3.05) is 43.1 Å². The van der Waals surface area contributed by atoms with Gasteiger partial charge in [-0.25, -0.2) is 0 Å². The number of piperazine rings is 1. The van der Waals surface area contributed by atoms with Crippen LogP contribution in [0.2, 0.25) is 0 Å². The zero-order chi connectivity index (χ0) is 18.5. The highest BCUT2D eigenvalue weighted by molar-refractivity contribution is 5.92. The van der Waals surface area contributed by atoms with Gasteiger partial charge in [-0.3, -0.25) is 4.79 Å². The van der Waals surface area contributed by atoms with E-state index in [9.17, 15) is 4.79 Å². The molecular formula is C19H25N5O2. The maximum absolute atomic E-state index is 11.9. The summed E-state index contributed by atoms with van der Waals surface area (Å²) in [6.07, 6.45) is 0. The first-order chi connectivity index (χ1) is 12.6. The molecule has 1 aromatic carbocycles. The van der Waals surface area contributed by atoms with Crippen LogP contribution in [0.4, 0.5) is 11.5 Å². The van der Waals surface area contributed by atoms with Crippen molar-refractivity contribution in [2.24, 2.45) is 0 Å². The van der Waals surface area contributed by atoms with Gasteiger partial charge in [-0.15, -0.1) is 10.2 Å². The Hall–Kier alpha value is -2.83. The van der Waals surface area contributed by atoms with E-state index in [4.69, 9.17) is 4.74 Å². The molecule has 3 rings (SSSR count). The largest absolute Gasteiger partial charge is 0.497 e. The van der Waals surface area contributed by atoms with Gasteiger partial charge in [0.05, 0.1) is 7.11 Å². The average molecular weight is 355 g/mol. The lowest BCUT2D eigenvalue weighted by atomic mass is 10.2. The minimum atomic E-state index is -0.191. The molecule has 138 valence electrons. The Kier molecular flexibility index (Phi) is 5.55. The molecule has 0 radical (unpaired) electrons. The molecule has 0 bridgehead atoms. The fraction of sp³-hybridized carbons (Fsp3) is 0.421. The number of nitrogens with one attached hydrogen (secondary N) is 1. The molecule has 2 heterocycles. The van der Waals surface area contributed by atoms with E-state index in [1.54, 1.807) is 13.2 Å². The highest BCUT2D eigenvalue weighted by Gasteiger charge is 2.19. The van der Waals surface area contributed by atoms with Gasteiger partial charge in [0.25, 0.3) is 5.91 Å². The van der Waals surface area contributed by atoms with Gasteiger partial charge in [-0.05, 0) is 50.2 Å². The van der Waals surface area contributed by atoms with E-state index in [0.717, 1.165) is 37.7 Å². The number of hydrogen-bond acceptors (Lipinski definition) is 6. The molecule has 0 unspecified atom stereocenters. The molecule has 7 nitrogen and oxygen atoms in total. The van der Waals surface area contributed by atoms with Gasteiger partial charge in [-0.2, -0.15) is 0 Å². The number of amides is 1. The van der Waals surface area contributed by atoms with E-state index in [1.165, 1.54) is 5.69 Å². The van der Waals surface area contributed by atoms with Crippen molar-refractivity contribution in [3.63, 3.8) is 0 Å². The van der Waals surface area contributed by atoms with Crippen LogP contribution in [0.5, 0.6) is 5.75 Å². The van der Waals surface area contributed by atoms with Gasteiger partial charge in [-0.1, -0.05) is 0 Å². The van der Waals surface area contributed by atoms with Gasteiger partial charge in [0.15, 0.2) is 11.5 Å². The predicted molar refractivity (Wildman–Crippen MR) is 102 cm³/mol. The second-order valence-corrected chi connectivity index (χ2v) is 6.58. The number of benzene rings is 1. The fourth-order valence-corrected chi connectivity index (χ4v) is 2.94. The van der Waals surface area contributed by atoms with Gasteiger partial charge in [0.1, 0.15) is 5.75 Å². The predicted octanol–water partition coefficient (Wildman–Crippen LogP) is 1.95. The molecule has 1 fully saturated rings. The van der Waals surface area contributed by atoms with E-state index in [2.05, 4.69) is 37.4 Å². The second-order valence-electron chi connectivity index (χ2n) is 6.58. The minimum Gasteiger partial charge on any atom is -0.497 e. The van der Waals surface area contributed by atoms with Gasteiger partial charge >= 0.3 is 0 Å². The monoisotopic (exact) mass is 355 g/mol. The molecule has 1 amide bonds. The number of hydrogen-bond donors (Lipinski definition) is 1. The summed E-state index contributed by atoms with van der Waals surface area (Å²) in [7, 11) is 1.67. The maximum atomic E-state index is 11.9. The average Bonchev–Trinajstić information content (AvgIpc) is 2.68. The van der Waals surface area contributed by atoms with Crippen LogP contribution < -0.4 is 19.9 Å². The summed E-state index contributed by atoms with van der Waals surface area (Å²) in [6, 6.07) is 11.8. The molecule has 0 saturated carbocycles. The summed E-state index contributed by atoms with van der Waals surface area (Å²) in [5.74, 6) is 1.48. The van der Waals surface area contributed by atoms with Crippen LogP contribution in [-0.2, 0) is 0 Å². The first-order valence-electron chi connectivity index (χ1n) is 8.85. The lowest BCUT2D eigenvalue weighted by Gasteiger charge is -2.36. The summed E-state index contributed by atoms with van der Waals surface area (Å²) in [5, 5.41) is 11.1. The molecule has 7 heteroatoms. The number of anilines is 2. The summed E-state index contributed by atoms with van der Waals surface area (Å²) < 4.78 is 5.21. The van der Waals surface area contributed by atoms with Crippen molar-refractivity contribution >= 4 is 17.4 Å². The van der Waals surface area contributed by atoms with Crippen molar-refractivity contribution in [1.82, 2.24) is 15.5 Å². The summed E-state index contributed by atoms with van der Waals surface area (Å²) in [5.41, 5.74) is 1.54. The zero-order valence-electron chi connectivity index (χ0n) is 15.5. The topological polar surface area (TPSA) is 70.6 Å². The Labute approximate surface area is 154 Å². The number of carbonyl (C=O) groups excluding carboxylic acids is 1. The van der Waals surface area contributed by atoms with E-state index < -0.39 is 0 Å². The zero-order valence-corrected chi connectivity index (χ0v) is 15.5. The molecular weight excluding hydrogens is 330 g/mol. The first kappa shape index (κ1) is 18.0. The second kappa shape index (κ2) is 8.03. The van der Waals surface area contributed by atoms with E-state index >= 15 is 0 Å². The Balaban J connectivity index is 1.58. The lowest BCUT2D eigenvalue weighted by molar-refractivity contribution is 0.0937. The number of nitrogens with zero attached hydrogens (tertiary/aromatic N) is 4. The van der Waals surface area contributed by atoms with Crippen LogP contribution in [0.3, 0.4) is 0 Å². The summed E-state index contributed by atoms with van der Waals surface area (Å²) in [4.78, 5) is 16.5. The van der Waals surface area contributed by atoms with Crippen LogP contribution in [0.25, 0.3) is 0 Å². The standard InChI is InChI=1S/C19H25N5O2/c1-14(2)20-19(25)17-8-9-18(22-21-17)24-12-10-23(11-13-24)15-4-6-16(26-3)7-5-15/h4-9,14H,10-13H2,1-3H3,(H,20,25). The Bertz CT molecular complexity index is 723. The van der Waals surface area contributed by atoms with E-state index in [1.807, 2.05) is 32.0 Å². The normalized spacial score (nSPS) is 14.5. The number of methoxy groups -OCH3 is 1. The van der Waals surface area contributed by atoms with Gasteiger partial charge in [0, 0.05) is 37.9 Å². The molecule has 0 spiro atoms. The SMILES string of the molecule is COc1ccc(N2CCN(c3ccc(C(=O)NC(C)C)nn3)CC2)cc1. The van der Waals surface area contributed by atoms with Crippen LogP contribution in [-0.4, -0.2) is 55.4 Å². The third kappa shape index (κ3) is 4.22. The van der Waals surface area contributed by atoms with Crippen molar-refractivity contribution < 1.29 is 9.53 Å². The minimum absolute atomic E-state index is 0.0787. The third-order valence-corrected chi connectivity index (χ3v) is 4.34. The highest BCUT2D eigenvalue weighted by Crippen LogP contribution is 2.21. The molecule has 1 saturated heterocycles. The van der Waals surface area contributed by atoms with Crippen LogP contribution >= 0.6 is 0 Å². The van der Waals surface area contributed by atoms with Crippen molar-refractivity contribution in [3.8, 4) is 5.75 Å². The molecule has 2 aromatic rings. The first-order valence-corrected chi connectivity index (χ1v) is 8.85. The molecule has 1 N–H and O–H groups in total. The number of ether oxygens (including phenoxy) is 1. The fourth-order valence-electron chi connectivity index (χ4n) is 2.94. The van der Waals surface area contributed by atoms with Crippen LogP contribution in [0, 0.1) is 0 Å². The number of aromatic nitrogens is 2. The highest BCUT2D eigenvalue weighted by atomic mass is 16.5. The lowest BCUT2D eigenvalue weighted by Crippen LogP contribution is -2.47. The van der Waals surface area contributed by atoms with Crippen molar-refractivity contribution in [1.29, 1.82) is 0 Å². The van der Waals surface area contributed by atoms with Crippen LogP contribution in [0.15, 0.2) is 36.4 Å².